The molecule has 1 amide bonds. The second-order valence-electron chi connectivity index (χ2n) is 5.99. The molecule has 0 bridgehead atoms. The largest absolute Gasteiger partial charge is 0.489 e. The first-order chi connectivity index (χ1) is 13.1. The molecule has 0 saturated carbocycles. The lowest BCUT2D eigenvalue weighted by Crippen LogP contribution is -2.22. The Bertz CT molecular complexity index is 921. The molecule has 3 aromatic rings. The highest BCUT2D eigenvalue weighted by atomic mass is 16.5. The van der Waals surface area contributed by atoms with Crippen molar-refractivity contribution in [1.29, 1.82) is 0 Å². The van der Waals surface area contributed by atoms with Crippen LogP contribution in [0.2, 0.25) is 0 Å². The maximum Gasteiger partial charge on any atom is 0.335 e. The Labute approximate surface area is 157 Å². The standard InChI is InChI=1S/C22H19NO4/c24-21(23-14-16-9-11-18(12-10-16)22(25)26)19-7-4-8-20(13-19)27-15-17-5-2-1-3-6-17/h1-13H,14-15H2,(H,23,24)(H,25,26). The number of carboxylic acid groups (broad SMARTS) is 1. The number of rotatable bonds is 7. The molecule has 27 heavy (non-hydrogen) atoms. The number of nitrogens with one attached hydrogen (secondary N) is 1. The molecule has 0 aliphatic rings. The predicted molar refractivity (Wildman–Crippen MR) is 102 cm³/mol. The van der Waals surface area contributed by atoms with Crippen LogP contribution in [0.15, 0.2) is 78.9 Å². The molecule has 136 valence electrons. The Morgan fingerprint density at radius 1 is 0.815 bits per heavy atom. The fraction of sp³-hybridized carbons (Fsp3) is 0.0909. The van der Waals surface area contributed by atoms with Gasteiger partial charge in [-0.3, -0.25) is 4.79 Å². The molecule has 0 saturated heterocycles. The molecule has 0 aliphatic carbocycles. The molecule has 3 rings (SSSR count). The van der Waals surface area contributed by atoms with Crippen molar-refractivity contribution >= 4 is 11.9 Å². The lowest BCUT2D eigenvalue weighted by molar-refractivity contribution is 0.0696. The number of aromatic carboxylic acids is 1. The van der Waals surface area contributed by atoms with E-state index in [4.69, 9.17) is 9.84 Å². The van der Waals surface area contributed by atoms with Crippen molar-refractivity contribution in [3.05, 3.63) is 101 Å². The SMILES string of the molecule is O=C(O)c1ccc(CNC(=O)c2cccc(OCc3ccccc3)c2)cc1. The van der Waals surface area contributed by atoms with Crippen LogP contribution in [0.1, 0.15) is 31.8 Å². The van der Waals surface area contributed by atoms with E-state index in [0.717, 1.165) is 11.1 Å². The molecule has 5 nitrogen and oxygen atoms in total. The third kappa shape index (κ3) is 5.19. The topological polar surface area (TPSA) is 75.6 Å². The second-order valence-corrected chi connectivity index (χ2v) is 5.99. The third-order valence-corrected chi connectivity index (χ3v) is 4.00. The summed E-state index contributed by atoms with van der Waals surface area (Å²) in [5, 5.41) is 11.7. The zero-order chi connectivity index (χ0) is 19.1. The van der Waals surface area contributed by atoms with Crippen molar-refractivity contribution in [2.24, 2.45) is 0 Å². The van der Waals surface area contributed by atoms with Crippen LogP contribution in [0.3, 0.4) is 0 Å². The van der Waals surface area contributed by atoms with Crippen molar-refractivity contribution < 1.29 is 19.4 Å². The van der Waals surface area contributed by atoms with E-state index in [9.17, 15) is 9.59 Å². The van der Waals surface area contributed by atoms with Crippen LogP contribution in [0.4, 0.5) is 0 Å². The lowest BCUT2D eigenvalue weighted by Gasteiger charge is -2.09. The van der Waals surface area contributed by atoms with E-state index in [2.05, 4.69) is 5.32 Å². The maximum atomic E-state index is 12.4. The van der Waals surface area contributed by atoms with Gasteiger partial charge in [-0.15, -0.1) is 0 Å². The average Bonchev–Trinajstić information content (AvgIpc) is 2.72. The van der Waals surface area contributed by atoms with Crippen molar-refractivity contribution in [2.45, 2.75) is 13.2 Å². The Kier molecular flexibility index (Phi) is 5.84. The predicted octanol–water partition coefficient (Wildman–Crippen LogP) is 3.89. The summed E-state index contributed by atoms with van der Waals surface area (Å²) in [4.78, 5) is 23.2. The molecule has 0 heterocycles. The van der Waals surface area contributed by atoms with Gasteiger partial charge < -0.3 is 15.2 Å². The van der Waals surface area contributed by atoms with Crippen LogP contribution >= 0.6 is 0 Å². The van der Waals surface area contributed by atoms with E-state index in [-0.39, 0.29) is 11.5 Å². The first-order valence-electron chi connectivity index (χ1n) is 8.49. The van der Waals surface area contributed by atoms with Crippen LogP contribution in [0, 0.1) is 0 Å². The van der Waals surface area contributed by atoms with Gasteiger partial charge in [-0.2, -0.15) is 0 Å². The monoisotopic (exact) mass is 361 g/mol. The highest BCUT2D eigenvalue weighted by Crippen LogP contribution is 2.15. The van der Waals surface area contributed by atoms with Gasteiger partial charge in [0.25, 0.3) is 5.91 Å². The Balaban J connectivity index is 1.57. The van der Waals surface area contributed by atoms with Gasteiger partial charge in [0.2, 0.25) is 0 Å². The van der Waals surface area contributed by atoms with Crippen molar-refractivity contribution in [3.8, 4) is 5.75 Å². The summed E-state index contributed by atoms with van der Waals surface area (Å²) < 4.78 is 5.75. The average molecular weight is 361 g/mol. The van der Waals surface area contributed by atoms with Crippen molar-refractivity contribution in [3.63, 3.8) is 0 Å². The number of carboxylic acids is 1. The van der Waals surface area contributed by atoms with Gasteiger partial charge in [0, 0.05) is 12.1 Å². The minimum atomic E-state index is -0.974. The van der Waals surface area contributed by atoms with Crippen LogP contribution in [-0.2, 0) is 13.2 Å². The van der Waals surface area contributed by atoms with Crippen LogP contribution in [-0.4, -0.2) is 17.0 Å². The fourth-order valence-corrected chi connectivity index (χ4v) is 2.52. The summed E-state index contributed by atoms with van der Waals surface area (Å²) >= 11 is 0. The molecule has 5 heteroatoms. The fourth-order valence-electron chi connectivity index (χ4n) is 2.52. The summed E-state index contributed by atoms with van der Waals surface area (Å²) in [6.07, 6.45) is 0. The highest BCUT2D eigenvalue weighted by Gasteiger charge is 2.08. The quantitative estimate of drug-likeness (QED) is 0.669. The van der Waals surface area contributed by atoms with E-state index >= 15 is 0 Å². The molecule has 3 aromatic carbocycles. The smallest absolute Gasteiger partial charge is 0.335 e. The van der Waals surface area contributed by atoms with Crippen molar-refractivity contribution in [2.75, 3.05) is 0 Å². The van der Waals surface area contributed by atoms with Gasteiger partial charge in [0.1, 0.15) is 12.4 Å². The first-order valence-corrected chi connectivity index (χ1v) is 8.49. The molecule has 0 fully saturated rings. The molecule has 0 unspecified atom stereocenters. The molecule has 2 N–H and O–H groups in total. The first kappa shape index (κ1) is 18.2. The van der Waals surface area contributed by atoms with E-state index in [1.54, 1.807) is 30.3 Å². The van der Waals surface area contributed by atoms with Crippen molar-refractivity contribution in [1.82, 2.24) is 5.32 Å². The summed E-state index contributed by atoms with van der Waals surface area (Å²) in [6, 6.07) is 23.2. The van der Waals surface area contributed by atoms with Gasteiger partial charge in [-0.25, -0.2) is 4.79 Å². The number of carbonyl (C=O) groups is 2. The van der Waals surface area contributed by atoms with Gasteiger partial charge in [0.15, 0.2) is 0 Å². The molecule has 0 atom stereocenters. The molecule has 0 radical (unpaired) electrons. The van der Waals surface area contributed by atoms with E-state index in [1.165, 1.54) is 12.1 Å². The normalized spacial score (nSPS) is 10.2. The molecule has 0 aromatic heterocycles. The van der Waals surface area contributed by atoms with E-state index in [0.29, 0.717) is 24.5 Å². The van der Waals surface area contributed by atoms with E-state index < -0.39 is 5.97 Å². The number of ether oxygens (including phenoxy) is 1. The zero-order valence-electron chi connectivity index (χ0n) is 14.6. The number of amides is 1. The molecular weight excluding hydrogens is 342 g/mol. The number of carbonyl (C=O) groups excluding carboxylic acids is 1. The van der Waals surface area contributed by atoms with Crippen LogP contribution in [0.25, 0.3) is 0 Å². The molecule has 0 spiro atoms. The maximum absolute atomic E-state index is 12.4. The lowest BCUT2D eigenvalue weighted by atomic mass is 10.1. The molecular formula is C22H19NO4. The van der Waals surface area contributed by atoms with E-state index in [1.807, 2.05) is 36.4 Å². The summed E-state index contributed by atoms with van der Waals surface area (Å²) in [5.74, 6) is -0.572. The number of hydrogen-bond donors (Lipinski definition) is 2. The second kappa shape index (κ2) is 8.67. The molecule has 0 aliphatic heterocycles. The van der Waals surface area contributed by atoms with Crippen LogP contribution < -0.4 is 10.1 Å². The summed E-state index contributed by atoms with van der Waals surface area (Å²) in [7, 11) is 0. The zero-order valence-corrected chi connectivity index (χ0v) is 14.6. The Morgan fingerprint density at radius 3 is 2.26 bits per heavy atom. The Hall–Kier alpha value is -3.60. The van der Waals surface area contributed by atoms with Gasteiger partial charge in [0.05, 0.1) is 5.56 Å². The summed E-state index contributed by atoms with van der Waals surface area (Å²) in [5.41, 5.74) is 2.60. The van der Waals surface area contributed by atoms with Gasteiger partial charge in [-0.1, -0.05) is 48.5 Å². The van der Waals surface area contributed by atoms with Gasteiger partial charge in [-0.05, 0) is 41.5 Å². The van der Waals surface area contributed by atoms with Gasteiger partial charge >= 0.3 is 5.97 Å². The third-order valence-electron chi connectivity index (χ3n) is 4.00. The number of hydrogen-bond acceptors (Lipinski definition) is 3. The highest BCUT2D eigenvalue weighted by molar-refractivity contribution is 5.94. The summed E-state index contributed by atoms with van der Waals surface area (Å²) in [6.45, 7) is 0.746. The van der Waals surface area contributed by atoms with Crippen LogP contribution in [0.5, 0.6) is 5.75 Å². The number of benzene rings is 3. The Morgan fingerprint density at radius 2 is 1.56 bits per heavy atom. The minimum absolute atomic E-state index is 0.216. The minimum Gasteiger partial charge on any atom is -0.489 e.